The number of benzene rings is 1. The first-order valence-electron chi connectivity index (χ1n) is 8.50. The Balaban J connectivity index is 1.40. The van der Waals surface area contributed by atoms with Crippen molar-refractivity contribution in [1.29, 1.82) is 0 Å². The Morgan fingerprint density at radius 3 is 2.78 bits per heavy atom. The molecule has 7 nitrogen and oxygen atoms in total. The summed E-state index contributed by atoms with van der Waals surface area (Å²) in [5.41, 5.74) is 3.34. The van der Waals surface area contributed by atoms with E-state index in [1.807, 2.05) is 58.6 Å². The van der Waals surface area contributed by atoms with Gasteiger partial charge in [-0.1, -0.05) is 42.1 Å². The molecule has 0 saturated carbocycles. The van der Waals surface area contributed by atoms with Gasteiger partial charge in [-0.25, -0.2) is 4.98 Å². The van der Waals surface area contributed by atoms with Crippen molar-refractivity contribution in [2.45, 2.75) is 5.16 Å². The van der Waals surface area contributed by atoms with Gasteiger partial charge in [-0.15, -0.1) is 10.2 Å². The lowest BCUT2D eigenvalue weighted by atomic mass is 10.2. The van der Waals surface area contributed by atoms with Crippen molar-refractivity contribution in [2.24, 2.45) is 7.05 Å². The number of fused-ring (bicyclic) bond motifs is 1. The summed E-state index contributed by atoms with van der Waals surface area (Å²) >= 11 is 1.55. The summed E-state index contributed by atoms with van der Waals surface area (Å²) in [6.45, 7) is 0.549. The van der Waals surface area contributed by atoms with Gasteiger partial charge in [0.1, 0.15) is 12.0 Å². The van der Waals surface area contributed by atoms with Crippen LogP contribution in [0.5, 0.6) is 0 Å². The summed E-state index contributed by atoms with van der Waals surface area (Å²) in [7, 11) is 1.89. The molecule has 0 radical (unpaired) electrons. The first kappa shape index (κ1) is 17.3. The molecule has 0 aliphatic carbocycles. The quantitative estimate of drug-likeness (QED) is 0.412. The molecule has 0 atom stereocenters. The van der Waals surface area contributed by atoms with Crippen molar-refractivity contribution in [2.75, 3.05) is 12.3 Å². The Labute approximate surface area is 160 Å². The maximum atomic E-state index is 12.4. The molecule has 0 saturated heterocycles. The minimum Gasteiger partial charge on any atom is -0.351 e. The number of nitrogens with one attached hydrogen (secondary N) is 1. The molecular weight excluding hydrogens is 360 g/mol. The van der Waals surface area contributed by atoms with Crippen LogP contribution in [0.4, 0.5) is 0 Å². The second-order valence-electron chi connectivity index (χ2n) is 6.00. The molecule has 0 bridgehead atoms. The average Bonchev–Trinajstić information content (AvgIpc) is 3.31. The highest BCUT2D eigenvalue weighted by Gasteiger charge is 2.09. The third kappa shape index (κ3) is 3.85. The highest BCUT2D eigenvalue weighted by Crippen LogP contribution is 2.19. The number of carbonyl (C=O) groups is 1. The number of imidazole rings is 1. The number of aryl methyl sites for hydroxylation is 1. The number of hydrogen-bond donors (Lipinski definition) is 1. The van der Waals surface area contributed by atoms with Crippen LogP contribution in [0.1, 0.15) is 10.4 Å². The van der Waals surface area contributed by atoms with E-state index in [0.29, 0.717) is 12.1 Å². The van der Waals surface area contributed by atoms with Gasteiger partial charge >= 0.3 is 0 Å². The second-order valence-corrected chi connectivity index (χ2v) is 7.07. The van der Waals surface area contributed by atoms with Crippen LogP contribution in [0.2, 0.25) is 0 Å². The molecule has 8 heteroatoms. The molecule has 0 spiro atoms. The van der Waals surface area contributed by atoms with Gasteiger partial charge in [-0.3, -0.25) is 4.79 Å². The molecule has 4 rings (SSSR count). The highest BCUT2D eigenvalue weighted by atomic mass is 32.2. The summed E-state index contributed by atoms with van der Waals surface area (Å²) in [5.74, 6) is 0.620. The third-order valence-corrected chi connectivity index (χ3v) is 5.11. The van der Waals surface area contributed by atoms with Crippen LogP contribution in [0.3, 0.4) is 0 Å². The summed E-state index contributed by atoms with van der Waals surface area (Å²) in [5, 5.41) is 11.6. The fourth-order valence-corrected chi connectivity index (χ4v) is 3.43. The third-order valence-electron chi connectivity index (χ3n) is 4.07. The maximum absolute atomic E-state index is 12.4. The second kappa shape index (κ2) is 7.63. The fraction of sp³-hybridized carbons (Fsp3) is 0.158. The van der Waals surface area contributed by atoms with E-state index in [1.165, 1.54) is 0 Å². The number of pyridine rings is 1. The number of amides is 1. The molecule has 3 heterocycles. The van der Waals surface area contributed by atoms with Crippen LogP contribution in [0, 0.1) is 0 Å². The number of hydrogen-bond acceptors (Lipinski definition) is 5. The molecule has 1 N–H and O–H groups in total. The smallest absolute Gasteiger partial charge is 0.252 e. The average molecular weight is 378 g/mol. The molecule has 0 fully saturated rings. The van der Waals surface area contributed by atoms with Crippen LogP contribution < -0.4 is 5.32 Å². The van der Waals surface area contributed by atoms with Gasteiger partial charge in [0, 0.05) is 37.3 Å². The lowest BCUT2D eigenvalue weighted by Gasteiger charge is -2.05. The van der Waals surface area contributed by atoms with Gasteiger partial charge < -0.3 is 14.3 Å². The van der Waals surface area contributed by atoms with E-state index in [9.17, 15) is 4.79 Å². The Morgan fingerprint density at radius 2 is 2.00 bits per heavy atom. The molecule has 3 aromatic heterocycles. The molecule has 0 aliphatic heterocycles. The number of rotatable bonds is 6. The number of aromatic nitrogens is 5. The van der Waals surface area contributed by atoms with Gasteiger partial charge in [0.05, 0.1) is 11.3 Å². The van der Waals surface area contributed by atoms with E-state index in [-0.39, 0.29) is 5.91 Å². The number of carbonyl (C=O) groups excluding carboxylic acids is 1. The Morgan fingerprint density at radius 1 is 1.15 bits per heavy atom. The predicted molar refractivity (Wildman–Crippen MR) is 105 cm³/mol. The van der Waals surface area contributed by atoms with Crippen molar-refractivity contribution in [3.8, 4) is 11.3 Å². The largest absolute Gasteiger partial charge is 0.351 e. The van der Waals surface area contributed by atoms with E-state index in [1.54, 1.807) is 30.4 Å². The SMILES string of the molecule is Cn1cnnc1SCCNC(=O)c1ccc2nc(-c3ccccc3)cn2c1. The normalized spacial score (nSPS) is 11.0. The number of nitrogens with zero attached hydrogens (tertiary/aromatic N) is 5. The first-order chi connectivity index (χ1) is 13.2. The molecule has 1 aromatic carbocycles. The zero-order valence-corrected chi connectivity index (χ0v) is 15.6. The molecular formula is C19H18N6OS. The minimum atomic E-state index is -0.106. The van der Waals surface area contributed by atoms with Crippen molar-refractivity contribution >= 4 is 23.3 Å². The van der Waals surface area contributed by atoms with Crippen molar-refractivity contribution in [3.63, 3.8) is 0 Å². The molecule has 1 amide bonds. The standard InChI is InChI=1S/C19H18N6OS/c1-24-13-21-23-19(24)27-10-9-20-18(26)15-7-8-17-22-16(12-25(17)11-15)14-5-3-2-4-6-14/h2-8,11-13H,9-10H2,1H3,(H,20,26). The Kier molecular flexibility index (Phi) is 4.88. The summed E-state index contributed by atoms with van der Waals surface area (Å²) in [6.07, 6.45) is 5.40. The lowest BCUT2D eigenvalue weighted by molar-refractivity contribution is 0.0955. The van der Waals surface area contributed by atoms with E-state index < -0.39 is 0 Å². The van der Waals surface area contributed by atoms with E-state index >= 15 is 0 Å². The van der Waals surface area contributed by atoms with Crippen molar-refractivity contribution in [3.05, 3.63) is 66.7 Å². The predicted octanol–water partition coefficient (Wildman–Crippen LogP) is 2.65. The van der Waals surface area contributed by atoms with E-state index in [2.05, 4.69) is 20.5 Å². The first-order valence-corrected chi connectivity index (χ1v) is 9.48. The van der Waals surface area contributed by atoms with Gasteiger partial charge in [0.15, 0.2) is 5.16 Å². The van der Waals surface area contributed by atoms with Crippen LogP contribution in [-0.2, 0) is 7.05 Å². The summed E-state index contributed by atoms with van der Waals surface area (Å²) < 4.78 is 3.73. The monoisotopic (exact) mass is 378 g/mol. The molecule has 136 valence electrons. The Bertz CT molecular complexity index is 1070. The summed E-state index contributed by atoms with van der Waals surface area (Å²) in [6, 6.07) is 13.6. The molecule has 4 aromatic rings. The molecule has 0 unspecified atom stereocenters. The van der Waals surface area contributed by atoms with Crippen molar-refractivity contribution in [1.82, 2.24) is 29.5 Å². The van der Waals surface area contributed by atoms with Crippen LogP contribution >= 0.6 is 11.8 Å². The van der Waals surface area contributed by atoms with Crippen LogP contribution in [0.15, 0.2) is 66.3 Å². The topological polar surface area (TPSA) is 77.1 Å². The molecule has 0 aliphatic rings. The van der Waals surface area contributed by atoms with Gasteiger partial charge in [0.25, 0.3) is 5.91 Å². The van der Waals surface area contributed by atoms with E-state index in [4.69, 9.17) is 0 Å². The molecule has 27 heavy (non-hydrogen) atoms. The maximum Gasteiger partial charge on any atom is 0.252 e. The van der Waals surface area contributed by atoms with E-state index in [0.717, 1.165) is 27.8 Å². The zero-order valence-electron chi connectivity index (χ0n) is 14.7. The lowest BCUT2D eigenvalue weighted by Crippen LogP contribution is -2.26. The zero-order chi connectivity index (χ0) is 18.6. The van der Waals surface area contributed by atoms with Crippen molar-refractivity contribution < 1.29 is 4.79 Å². The minimum absolute atomic E-state index is 0.106. The number of thioether (sulfide) groups is 1. The van der Waals surface area contributed by atoms with Gasteiger partial charge in [-0.05, 0) is 12.1 Å². The summed E-state index contributed by atoms with van der Waals surface area (Å²) in [4.78, 5) is 17.0. The fourth-order valence-electron chi connectivity index (χ4n) is 2.69. The van der Waals surface area contributed by atoms with Crippen LogP contribution in [0.25, 0.3) is 16.9 Å². The highest BCUT2D eigenvalue weighted by molar-refractivity contribution is 7.99. The van der Waals surface area contributed by atoms with Crippen LogP contribution in [-0.4, -0.2) is 42.4 Å². The van der Waals surface area contributed by atoms with Gasteiger partial charge in [0.2, 0.25) is 0 Å². The van der Waals surface area contributed by atoms with Gasteiger partial charge in [-0.2, -0.15) is 0 Å². The Hall–Kier alpha value is -3.13.